The minimum absolute atomic E-state index is 0.146. The van der Waals surface area contributed by atoms with Gasteiger partial charge in [-0.25, -0.2) is 0 Å². The summed E-state index contributed by atoms with van der Waals surface area (Å²) in [7, 11) is 1.41. The van der Waals surface area contributed by atoms with Crippen molar-refractivity contribution in [3.8, 4) is 0 Å². The van der Waals surface area contributed by atoms with Gasteiger partial charge in [-0.15, -0.1) is 0 Å². The van der Waals surface area contributed by atoms with E-state index < -0.39 is 0 Å². The predicted octanol–water partition coefficient (Wildman–Crippen LogP) is 0.936. The smallest absolute Gasteiger partial charge is 0.307 e. The average Bonchev–Trinajstić information content (AvgIpc) is 2.73. The van der Waals surface area contributed by atoms with E-state index in [9.17, 15) is 9.90 Å². The fourth-order valence-electron chi connectivity index (χ4n) is 2.38. The first-order valence-electron chi connectivity index (χ1n) is 6.08. The van der Waals surface area contributed by atoms with Crippen LogP contribution in [0.15, 0.2) is 0 Å². The van der Waals surface area contributed by atoms with Crippen LogP contribution < -0.4 is 5.32 Å². The Morgan fingerprint density at radius 3 is 2.81 bits per heavy atom. The Morgan fingerprint density at radius 2 is 2.19 bits per heavy atom. The summed E-state index contributed by atoms with van der Waals surface area (Å²) in [5.41, 5.74) is 0. The van der Waals surface area contributed by atoms with Gasteiger partial charge in [0.1, 0.15) is 0 Å². The zero-order valence-electron chi connectivity index (χ0n) is 10.2. The molecule has 1 fully saturated rings. The Hall–Kier alpha value is -0.610. The third-order valence-electron chi connectivity index (χ3n) is 3.48. The van der Waals surface area contributed by atoms with Gasteiger partial charge in [0, 0.05) is 12.6 Å². The molecular weight excluding hydrogens is 206 g/mol. The van der Waals surface area contributed by atoms with Crippen LogP contribution in [0.3, 0.4) is 0 Å². The van der Waals surface area contributed by atoms with Gasteiger partial charge in [0.05, 0.1) is 13.5 Å². The summed E-state index contributed by atoms with van der Waals surface area (Å²) in [6.45, 7) is 3.17. The Kier molecular flexibility index (Phi) is 5.77. The Bertz CT molecular complexity index is 220. The molecule has 4 nitrogen and oxygen atoms in total. The molecule has 1 aliphatic rings. The van der Waals surface area contributed by atoms with Crippen molar-refractivity contribution < 1.29 is 14.6 Å². The number of hydrogen-bond donors (Lipinski definition) is 2. The lowest BCUT2D eigenvalue weighted by molar-refractivity contribution is -0.141. The average molecular weight is 229 g/mol. The quantitative estimate of drug-likeness (QED) is 0.665. The van der Waals surface area contributed by atoms with Crippen LogP contribution in [0.5, 0.6) is 0 Å². The lowest BCUT2D eigenvalue weighted by atomic mass is 9.96. The maximum absolute atomic E-state index is 11.0. The maximum Gasteiger partial charge on any atom is 0.307 e. The number of ether oxygens (including phenoxy) is 1. The van der Waals surface area contributed by atoms with Gasteiger partial charge in [-0.1, -0.05) is 6.42 Å². The molecule has 0 spiro atoms. The van der Waals surface area contributed by atoms with Gasteiger partial charge < -0.3 is 15.2 Å². The van der Waals surface area contributed by atoms with E-state index in [-0.39, 0.29) is 18.6 Å². The van der Waals surface area contributed by atoms with E-state index in [1.165, 1.54) is 20.0 Å². The highest BCUT2D eigenvalue weighted by atomic mass is 16.5. The molecule has 0 aromatic heterocycles. The number of rotatable bonds is 6. The van der Waals surface area contributed by atoms with Crippen molar-refractivity contribution >= 4 is 5.97 Å². The molecule has 0 amide bonds. The first-order chi connectivity index (χ1) is 7.67. The minimum Gasteiger partial charge on any atom is -0.469 e. The van der Waals surface area contributed by atoms with Crippen molar-refractivity contribution in [1.29, 1.82) is 0 Å². The molecule has 1 aliphatic carbocycles. The molecule has 2 N–H and O–H groups in total. The molecule has 0 radical (unpaired) electrons. The van der Waals surface area contributed by atoms with E-state index in [0.717, 1.165) is 13.0 Å². The summed E-state index contributed by atoms with van der Waals surface area (Å²) in [4.78, 5) is 11.0. The highest BCUT2D eigenvalue weighted by Gasteiger charge is 2.26. The van der Waals surface area contributed by atoms with Gasteiger partial charge in [0.2, 0.25) is 0 Å². The van der Waals surface area contributed by atoms with Crippen molar-refractivity contribution in [2.45, 2.75) is 38.6 Å². The minimum atomic E-state index is -0.176. The van der Waals surface area contributed by atoms with Crippen LogP contribution >= 0.6 is 0 Å². The predicted molar refractivity (Wildman–Crippen MR) is 62.0 cm³/mol. The van der Waals surface area contributed by atoms with Crippen LogP contribution in [0.1, 0.15) is 32.6 Å². The van der Waals surface area contributed by atoms with Crippen LogP contribution in [0.4, 0.5) is 0 Å². The molecule has 1 rings (SSSR count). The zero-order valence-corrected chi connectivity index (χ0v) is 10.2. The number of carbonyl (C=O) groups excluding carboxylic acids is 1. The fourth-order valence-corrected chi connectivity index (χ4v) is 2.38. The lowest BCUT2D eigenvalue weighted by Crippen LogP contribution is -2.34. The van der Waals surface area contributed by atoms with Crippen LogP contribution in [0, 0.1) is 11.8 Å². The van der Waals surface area contributed by atoms with Crippen LogP contribution in [0.2, 0.25) is 0 Å². The third-order valence-corrected chi connectivity index (χ3v) is 3.48. The molecule has 4 heteroatoms. The number of esters is 1. The van der Waals surface area contributed by atoms with Crippen molar-refractivity contribution in [3.63, 3.8) is 0 Å². The monoisotopic (exact) mass is 229 g/mol. The Morgan fingerprint density at radius 1 is 1.50 bits per heavy atom. The Balaban J connectivity index is 2.20. The fraction of sp³-hybridized carbons (Fsp3) is 0.917. The number of aliphatic hydroxyl groups is 1. The molecule has 0 heterocycles. The summed E-state index contributed by atoms with van der Waals surface area (Å²) in [6, 6.07) is 0.146. The van der Waals surface area contributed by atoms with Gasteiger partial charge in [-0.3, -0.25) is 4.79 Å². The summed E-state index contributed by atoms with van der Waals surface area (Å²) in [5.74, 6) is 0.827. The SMILES string of the molecule is COC(=O)CC(C)NCC1CCCC1CO. The number of nitrogens with one attached hydrogen (secondary N) is 1. The highest BCUT2D eigenvalue weighted by Crippen LogP contribution is 2.30. The van der Waals surface area contributed by atoms with Crippen molar-refractivity contribution in [1.82, 2.24) is 5.32 Å². The van der Waals surface area contributed by atoms with Gasteiger partial charge in [0.15, 0.2) is 0 Å². The zero-order chi connectivity index (χ0) is 12.0. The molecule has 0 aromatic carbocycles. The molecule has 0 bridgehead atoms. The normalized spacial score (nSPS) is 26.7. The maximum atomic E-state index is 11.0. The van der Waals surface area contributed by atoms with Gasteiger partial charge >= 0.3 is 5.97 Å². The summed E-state index contributed by atoms with van der Waals surface area (Å²) >= 11 is 0. The molecule has 1 saturated carbocycles. The van der Waals surface area contributed by atoms with E-state index in [4.69, 9.17) is 0 Å². The molecular formula is C12H23NO3. The molecule has 3 atom stereocenters. The van der Waals surface area contributed by atoms with Gasteiger partial charge in [0.25, 0.3) is 0 Å². The topological polar surface area (TPSA) is 58.6 Å². The Labute approximate surface area is 97.4 Å². The van der Waals surface area contributed by atoms with E-state index in [2.05, 4.69) is 10.1 Å². The first-order valence-corrected chi connectivity index (χ1v) is 6.08. The van der Waals surface area contributed by atoms with Gasteiger partial charge in [-0.2, -0.15) is 0 Å². The second-order valence-electron chi connectivity index (χ2n) is 4.72. The second kappa shape index (κ2) is 6.86. The molecule has 0 aliphatic heterocycles. The van der Waals surface area contributed by atoms with Crippen LogP contribution in [-0.2, 0) is 9.53 Å². The molecule has 16 heavy (non-hydrogen) atoms. The molecule has 3 unspecified atom stereocenters. The largest absolute Gasteiger partial charge is 0.469 e. The summed E-state index contributed by atoms with van der Waals surface area (Å²) in [5, 5.41) is 12.5. The standard InChI is InChI=1S/C12H23NO3/c1-9(6-12(15)16-2)13-7-10-4-3-5-11(10)8-14/h9-11,13-14H,3-8H2,1-2H3. The number of methoxy groups -OCH3 is 1. The first kappa shape index (κ1) is 13.5. The van der Waals surface area contributed by atoms with E-state index >= 15 is 0 Å². The van der Waals surface area contributed by atoms with Crippen molar-refractivity contribution in [3.05, 3.63) is 0 Å². The second-order valence-corrected chi connectivity index (χ2v) is 4.72. The van der Waals surface area contributed by atoms with Crippen LogP contribution in [0.25, 0.3) is 0 Å². The van der Waals surface area contributed by atoms with E-state index in [0.29, 0.717) is 18.3 Å². The van der Waals surface area contributed by atoms with E-state index in [1.807, 2.05) is 6.92 Å². The summed E-state index contributed by atoms with van der Waals surface area (Å²) < 4.78 is 4.62. The van der Waals surface area contributed by atoms with Crippen molar-refractivity contribution in [2.24, 2.45) is 11.8 Å². The summed E-state index contributed by atoms with van der Waals surface area (Å²) in [6.07, 6.45) is 3.94. The molecule has 0 saturated heterocycles. The molecule has 0 aromatic rings. The van der Waals surface area contributed by atoms with Crippen LogP contribution in [-0.4, -0.2) is 37.4 Å². The van der Waals surface area contributed by atoms with Crippen molar-refractivity contribution in [2.75, 3.05) is 20.3 Å². The number of carbonyl (C=O) groups is 1. The number of hydrogen-bond acceptors (Lipinski definition) is 4. The lowest BCUT2D eigenvalue weighted by Gasteiger charge is -2.20. The number of aliphatic hydroxyl groups excluding tert-OH is 1. The molecule has 94 valence electrons. The van der Waals surface area contributed by atoms with E-state index in [1.54, 1.807) is 0 Å². The highest BCUT2D eigenvalue weighted by molar-refractivity contribution is 5.69. The van der Waals surface area contributed by atoms with Gasteiger partial charge in [-0.05, 0) is 38.1 Å². The third kappa shape index (κ3) is 4.10.